The fourth-order valence-corrected chi connectivity index (χ4v) is 9.24. The van der Waals surface area contributed by atoms with E-state index in [1.807, 2.05) is 51.1 Å². The number of hydrogen-bond donors (Lipinski definition) is 3. The Bertz CT molecular complexity index is 1620. The van der Waals surface area contributed by atoms with Gasteiger partial charge in [-0.25, -0.2) is 13.4 Å². The van der Waals surface area contributed by atoms with Gasteiger partial charge in [0, 0.05) is 38.0 Å². The maximum absolute atomic E-state index is 14.2. The fourth-order valence-electron chi connectivity index (χ4n) is 6.60. The van der Waals surface area contributed by atoms with Crippen LogP contribution in [0.15, 0.2) is 53.4 Å². The van der Waals surface area contributed by atoms with Crippen molar-refractivity contribution in [3.05, 3.63) is 54.1 Å². The molecule has 0 aliphatic carbocycles. The van der Waals surface area contributed by atoms with Crippen LogP contribution in [0.3, 0.4) is 0 Å². The number of carbonyl (C=O) groups is 1. The van der Waals surface area contributed by atoms with Gasteiger partial charge < -0.3 is 30.0 Å². The van der Waals surface area contributed by atoms with Crippen LogP contribution in [0.25, 0.3) is 10.2 Å². The number of anilines is 1. The number of sulfonamides is 1. The van der Waals surface area contributed by atoms with Gasteiger partial charge in [-0.15, -0.1) is 0 Å². The predicted molar refractivity (Wildman–Crippen MR) is 192 cm³/mol. The zero-order valence-corrected chi connectivity index (χ0v) is 30.8. The third-order valence-corrected chi connectivity index (χ3v) is 11.8. The van der Waals surface area contributed by atoms with E-state index in [0.717, 1.165) is 34.0 Å². The van der Waals surface area contributed by atoms with Gasteiger partial charge in [0.05, 0.1) is 46.8 Å². The second-order valence-corrected chi connectivity index (χ2v) is 17.0. The molecule has 2 aromatic carbocycles. The Morgan fingerprint density at radius 2 is 1.88 bits per heavy atom. The van der Waals surface area contributed by atoms with Crippen LogP contribution < -0.4 is 10.6 Å². The quantitative estimate of drug-likeness (QED) is 0.165. The predicted octanol–water partition coefficient (Wildman–Crippen LogP) is 4.90. The van der Waals surface area contributed by atoms with E-state index in [2.05, 4.69) is 29.5 Å². The number of nitrogens with zero attached hydrogens (tertiary/aromatic N) is 2. The summed E-state index contributed by atoms with van der Waals surface area (Å²) in [5.41, 5.74) is 1.67. The Kier molecular flexibility index (Phi) is 13.1. The van der Waals surface area contributed by atoms with E-state index < -0.39 is 34.3 Å². The van der Waals surface area contributed by atoms with Gasteiger partial charge in [0.1, 0.15) is 6.10 Å². The summed E-state index contributed by atoms with van der Waals surface area (Å²) in [6, 6.07) is 14.6. The van der Waals surface area contributed by atoms with Crippen molar-refractivity contribution in [3.8, 4) is 0 Å². The number of thiazole rings is 1. The molecule has 11 nitrogen and oxygen atoms in total. The van der Waals surface area contributed by atoms with Crippen LogP contribution in [0.2, 0.25) is 0 Å². The second-order valence-electron chi connectivity index (χ2n) is 14.0. The molecular formula is C36H52N4O7S2. The van der Waals surface area contributed by atoms with Gasteiger partial charge in [-0.2, -0.15) is 4.31 Å². The molecule has 2 fully saturated rings. The van der Waals surface area contributed by atoms with E-state index in [9.17, 15) is 18.3 Å². The van der Waals surface area contributed by atoms with Crippen LogP contribution in [0, 0.1) is 23.7 Å². The Morgan fingerprint density at radius 3 is 2.59 bits per heavy atom. The van der Waals surface area contributed by atoms with Crippen LogP contribution in [0.4, 0.5) is 5.13 Å². The third-order valence-electron chi connectivity index (χ3n) is 9.01. The number of nitrogens with one attached hydrogen (secondary N) is 2. The standard InChI is InChI=1S/C36H52N4O7S2/c1-6-37-29-22-46-35-34(29)31(14-15-45-35)47-33(42)17-26(16-25-10-8-7-9-11-25)30(41)21-40(20-24(4)5)49(43,44)27-12-13-28-32(18-27)48-36(39-28)38-19-23(2)3/h7-13,18,23-24,26,29-31,34-35,37,41H,6,14-17,19-22H2,1-5H3,(H,38,39)/t26-,29+,30-,31+,34+,35+/m1/s1. The number of rotatable bonds is 17. The molecular weight excluding hydrogens is 665 g/mol. The summed E-state index contributed by atoms with van der Waals surface area (Å²) in [4.78, 5) is 18.3. The Morgan fingerprint density at radius 1 is 1.10 bits per heavy atom. The molecule has 0 bridgehead atoms. The van der Waals surface area contributed by atoms with Gasteiger partial charge >= 0.3 is 5.97 Å². The van der Waals surface area contributed by atoms with Gasteiger partial charge in [-0.1, -0.05) is 76.3 Å². The van der Waals surface area contributed by atoms with Crippen molar-refractivity contribution in [2.24, 2.45) is 23.7 Å². The van der Waals surface area contributed by atoms with E-state index >= 15 is 0 Å². The molecule has 1 aromatic heterocycles. The first-order valence-corrected chi connectivity index (χ1v) is 19.7. The Hall–Kier alpha value is -2.65. The van der Waals surface area contributed by atoms with Crippen LogP contribution in [-0.4, -0.2) is 92.7 Å². The van der Waals surface area contributed by atoms with E-state index in [1.54, 1.807) is 18.2 Å². The summed E-state index contributed by atoms with van der Waals surface area (Å²) in [5, 5.41) is 19.3. The van der Waals surface area contributed by atoms with Crippen molar-refractivity contribution in [1.82, 2.24) is 14.6 Å². The highest BCUT2D eigenvalue weighted by molar-refractivity contribution is 7.89. The van der Waals surface area contributed by atoms with E-state index in [-0.39, 0.29) is 48.4 Å². The van der Waals surface area contributed by atoms with Crippen molar-refractivity contribution in [2.45, 2.75) is 83.3 Å². The first kappa shape index (κ1) is 37.6. The topological polar surface area (TPSA) is 139 Å². The van der Waals surface area contributed by atoms with Crippen molar-refractivity contribution < 1.29 is 32.5 Å². The SMILES string of the molecule is CCN[C@H]1CO[C@@H]2OCC[C@H](OC(=O)C[C@@H](Cc3ccccc3)[C@H](O)CN(CC(C)C)S(=O)(=O)c3ccc4nc(NCC(C)C)sc4c3)[C@@H]21. The zero-order valence-electron chi connectivity index (χ0n) is 29.2. The molecule has 3 aromatic rings. The maximum Gasteiger partial charge on any atom is 0.306 e. The molecule has 0 amide bonds. The normalized spacial score (nSPS) is 22.5. The zero-order chi connectivity index (χ0) is 35.1. The number of aromatic nitrogens is 1. The monoisotopic (exact) mass is 716 g/mol. The highest BCUT2D eigenvalue weighted by Gasteiger charge is 2.47. The number of fused-ring (bicyclic) bond motifs is 2. The van der Waals surface area contributed by atoms with Crippen molar-refractivity contribution >= 4 is 42.7 Å². The highest BCUT2D eigenvalue weighted by Crippen LogP contribution is 2.34. The van der Waals surface area contributed by atoms with E-state index in [0.29, 0.717) is 32.0 Å². The molecule has 13 heteroatoms. The highest BCUT2D eigenvalue weighted by atomic mass is 32.2. The molecule has 0 saturated carbocycles. The molecule has 5 rings (SSSR count). The molecule has 2 saturated heterocycles. The second kappa shape index (κ2) is 17.0. The number of benzene rings is 2. The number of hydrogen-bond acceptors (Lipinski definition) is 11. The Labute approximate surface area is 294 Å². The number of likely N-dealkylation sites (N-methyl/N-ethyl adjacent to an activating group) is 1. The molecule has 2 aliphatic heterocycles. The summed E-state index contributed by atoms with van der Waals surface area (Å²) >= 11 is 1.42. The van der Waals surface area contributed by atoms with Gasteiger partial charge in [0.15, 0.2) is 11.4 Å². The summed E-state index contributed by atoms with van der Waals surface area (Å²) in [7, 11) is -4.00. The van der Waals surface area contributed by atoms with Crippen molar-refractivity contribution in [1.29, 1.82) is 0 Å². The summed E-state index contributed by atoms with van der Waals surface area (Å²) in [6.07, 6.45) is -1.06. The first-order chi connectivity index (χ1) is 23.4. The Balaban J connectivity index is 1.34. The van der Waals surface area contributed by atoms with Crippen LogP contribution in [0.5, 0.6) is 0 Å². The number of aliphatic hydroxyl groups is 1. The third kappa shape index (κ3) is 9.78. The fraction of sp³-hybridized carbons (Fsp3) is 0.611. The molecule has 270 valence electrons. The number of aliphatic hydroxyl groups excluding tert-OH is 1. The van der Waals surface area contributed by atoms with Crippen LogP contribution in [-0.2, 0) is 35.4 Å². The van der Waals surface area contributed by atoms with Gasteiger partial charge in [0.25, 0.3) is 0 Å². The van der Waals surface area contributed by atoms with Crippen molar-refractivity contribution in [3.63, 3.8) is 0 Å². The molecule has 3 N–H and O–H groups in total. The molecule has 0 radical (unpaired) electrons. The lowest BCUT2D eigenvalue weighted by molar-refractivity contribution is -0.196. The number of esters is 1. The smallest absolute Gasteiger partial charge is 0.306 e. The molecule has 2 aliphatic rings. The molecule has 0 spiro atoms. The summed E-state index contributed by atoms with van der Waals surface area (Å²) < 4.78 is 48.2. The average Bonchev–Trinajstić information content (AvgIpc) is 3.67. The lowest BCUT2D eigenvalue weighted by atomic mass is 9.89. The minimum Gasteiger partial charge on any atom is -0.462 e. The van der Waals surface area contributed by atoms with Crippen LogP contribution in [0.1, 0.15) is 53.0 Å². The van der Waals surface area contributed by atoms with Gasteiger partial charge in [-0.3, -0.25) is 4.79 Å². The minimum absolute atomic E-state index is 0.00161. The van der Waals surface area contributed by atoms with Crippen molar-refractivity contribution in [2.75, 3.05) is 44.7 Å². The molecule has 0 unspecified atom stereocenters. The molecule has 6 atom stereocenters. The van der Waals surface area contributed by atoms with E-state index in [4.69, 9.17) is 14.2 Å². The van der Waals surface area contributed by atoms with E-state index in [1.165, 1.54) is 15.6 Å². The maximum atomic E-state index is 14.2. The van der Waals surface area contributed by atoms with Crippen LogP contribution >= 0.6 is 11.3 Å². The minimum atomic E-state index is -4.00. The average molecular weight is 717 g/mol. The number of carbonyl (C=O) groups excluding carboxylic acids is 1. The largest absolute Gasteiger partial charge is 0.462 e. The lowest BCUT2D eigenvalue weighted by Gasteiger charge is -2.35. The summed E-state index contributed by atoms with van der Waals surface area (Å²) in [5.74, 6) is -0.696. The van der Waals surface area contributed by atoms with Gasteiger partial charge in [-0.05, 0) is 48.6 Å². The molecule has 49 heavy (non-hydrogen) atoms. The van der Waals surface area contributed by atoms with Gasteiger partial charge in [0.2, 0.25) is 10.0 Å². The molecule has 3 heterocycles. The first-order valence-electron chi connectivity index (χ1n) is 17.5. The summed E-state index contributed by atoms with van der Waals surface area (Å²) in [6.45, 7) is 12.6. The lowest BCUT2D eigenvalue weighted by Crippen LogP contribution is -2.49. The number of ether oxygens (including phenoxy) is 3.